The monoisotopic (exact) mass is 325 g/mol. The maximum atomic E-state index is 12.0. The third-order valence-electron chi connectivity index (χ3n) is 4.34. The number of likely N-dealkylation sites (tertiary alicyclic amines) is 1. The third-order valence-corrected chi connectivity index (χ3v) is 4.34. The summed E-state index contributed by atoms with van der Waals surface area (Å²) >= 11 is 0. The van der Waals surface area contributed by atoms with E-state index >= 15 is 0 Å². The number of carbonyl (C=O) groups excluding carboxylic acids is 1. The fraction of sp³-hybridized carbons (Fsp3) is 0.882. The van der Waals surface area contributed by atoms with Crippen molar-refractivity contribution in [3.63, 3.8) is 0 Å². The van der Waals surface area contributed by atoms with E-state index in [-0.39, 0.29) is 5.91 Å². The molecule has 134 valence electrons. The summed E-state index contributed by atoms with van der Waals surface area (Å²) < 4.78 is 0. The Morgan fingerprint density at radius 3 is 2.39 bits per heavy atom. The molecule has 0 saturated carbocycles. The largest absolute Gasteiger partial charge is 0.356 e. The van der Waals surface area contributed by atoms with Crippen LogP contribution in [-0.2, 0) is 4.79 Å². The van der Waals surface area contributed by atoms with Crippen LogP contribution in [0.2, 0.25) is 0 Å². The SMILES string of the molecule is CCCN1CCC(NC(=NC)NCC(C)(C)C(=O)NCC)CC1. The molecule has 1 amide bonds. The summed E-state index contributed by atoms with van der Waals surface area (Å²) in [4.78, 5) is 18.9. The van der Waals surface area contributed by atoms with E-state index in [9.17, 15) is 4.79 Å². The highest BCUT2D eigenvalue weighted by Crippen LogP contribution is 2.14. The van der Waals surface area contributed by atoms with Crippen LogP contribution < -0.4 is 16.0 Å². The van der Waals surface area contributed by atoms with Crippen molar-refractivity contribution in [2.24, 2.45) is 10.4 Å². The first-order chi connectivity index (χ1) is 10.9. The Balaban J connectivity index is 2.39. The molecule has 23 heavy (non-hydrogen) atoms. The minimum Gasteiger partial charge on any atom is -0.356 e. The molecule has 0 atom stereocenters. The molecule has 0 bridgehead atoms. The van der Waals surface area contributed by atoms with Crippen molar-refractivity contribution in [3.05, 3.63) is 0 Å². The molecule has 0 radical (unpaired) electrons. The smallest absolute Gasteiger partial charge is 0.227 e. The van der Waals surface area contributed by atoms with Crippen LogP contribution in [-0.4, -0.2) is 62.6 Å². The molecule has 1 aliphatic heterocycles. The summed E-state index contributed by atoms with van der Waals surface area (Å²) in [6.07, 6.45) is 3.50. The lowest BCUT2D eigenvalue weighted by Crippen LogP contribution is -2.52. The topological polar surface area (TPSA) is 68.8 Å². The highest BCUT2D eigenvalue weighted by atomic mass is 16.2. The summed E-state index contributed by atoms with van der Waals surface area (Å²) in [5.41, 5.74) is -0.460. The first-order valence-corrected chi connectivity index (χ1v) is 8.90. The van der Waals surface area contributed by atoms with Crippen molar-refractivity contribution >= 4 is 11.9 Å². The Bertz CT molecular complexity index is 386. The van der Waals surface area contributed by atoms with Gasteiger partial charge in [0.25, 0.3) is 0 Å². The van der Waals surface area contributed by atoms with Gasteiger partial charge in [0.05, 0.1) is 5.41 Å². The van der Waals surface area contributed by atoms with Crippen LogP contribution in [0.25, 0.3) is 0 Å². The first-order valence-electron chi connectivity index (χ1n) is 8.90. The normalized spacial score (nSPS) is 17.9. The number of guanidine groups is 1. The van der Waals surface area contributed by atoms with Crippen molar-refractivity contribution < 1.29 is 4.79 Å². The highest BCUT2D eigenvalue weighted by Gasteiger charge is 2.27. The Labute approximate surface area is 141 Å². The molecule has 1 saturated heterocycles. The Morgan fingerprint density at radius 2 is 1.87 bits per heavy atom. The van der Waals surface area contributed by atoms with E-state index in [2.05, 4.69) is 32.8 Å². The standard InChI is InChI=1S/C17H35N5O/c1-6-10-22-11-8-14(9-12-22)21-16(18-5)20-13-17(3,4)15(23)19-7-2/h14H,6-13H2,1-5H3,(H,19,23)(H2,18,20,21). The van der Waals surface area contributed by atoms with E-state index < -0.39 is 5.41 Å². The second kappa shape index (κ2) is 9.75. The fourth-order valence-corrected chi connectivity index (χ4v) is 2.79. The lowest BCUT2D eigenvalue weighted by molar-refractivity contribution is -0.128. The van der Waals surface area contributed by atoms with Gasteiger partial charge in [0.1, 0.15) is 0 Å². The molecule has 0 aliphatic carbocycles. The lowest BCUT2D eigenvalue weighted by Gasteiger charge is -2.33. The van der Waals surface area contributed by atoms with Crippen LogP contribution in [0.1, 0.15) is 47.0 Å². The molecule has 0 spiro atoms. The second-order valence-electron chi connectivity index (χ2n) is 6.93. The van der Waals surface area contributed by atoms with Crippen LogP contribution in [0, 0.1) is 5.41 Å². The average molecular weight is 326 g/mol. The van der Waals surface area contributed by atoms with Gasteiger partial charge in [-0.3, -0.25) is 9.79 Å². The number of hydrogen-bond donors (Lipinski definition) is 3. The molecule has 6 nitrogen and oxygen atoms in total. The second-order valence-corrected chi connectivity index (χ2v) is 6.93. The molecule has 0 unspecified atom stereocenters. The van der Waals surface area contributed by atoms with Crippen LogP contribution in [0.5, 0.6) is 0 Å². The maximum Gasteiger partial charge on any atom is 0.227 e. The maximum absolute atomic E-state index is 12.0. The lowest BCUT2D eigenvalue weighted by atomic mass is 9.92. The number of carbonyl (C=O) groups is 1. The molecule has 0 aromatic heterocycles. The molecule has 1 fully saturated rings. The van der Waals surface area contributed by atoms with Gasteiger partial charge in [-0.15, -0.1) is 0 Å². The molecule has 6 heteroatoms. The fourth-order valence-electron chi connectivity index (χ4n) is 2.79. The van der Waals surface area contributed by atoms with Crippen LogP contribution in [0.3, 0.4) is 0 Å². The number of rotatable bonds is 7. The zero-order valence-electron chi connectivity index (χ0n) is 15.5. The summed E-state index contributed by atoms with van der Waals surface area (Å²) in [6, 6.07) is 0.460. The zero-order valence-corrected chi connectivity index (χ0v) is 15.5. The number of nitrogens with zero attached hydrogens (tertiary/aromatic N) is 2. The molecule has 0 aromatic rings. The summed E-state index contributed by atoms with van der Waals surface area (Å²) in [7, 11) is 1.78. The molecular weight excluding hydrogens is 290 g/mol. The molecule has 1 aliphatic rings. The molecule has 1 heterocycles. The Morgan fingerprint density at radius 1 is 1.22 bits per heavy atom. The van der Waals surface area contributed by atoms with Gasteiger partial charge in [-0.05, 0) is 46.6 Å². The predicted octanol–water partition coefficient (Wildman–Crippen LogP) is 1.19. The zero-order chi connectivity index (χ0) is 17.3. The highest BCUT2D eigenvalue weighted by molar-refractivity contribution is 5.84. The quantitative estimate of drug-likeness (QED) is 0.486. The van der Waals surface area contributed by atoms with Gasteiger partial charge in [-0.2, -0.15) is 0 Å². The van der Waals surface area contributed by atoms with E-state index in [4.69, 9.17) is 0 Å². The minimum absolute atomic E-state index is 0.0656. The van der Waals surface area contributed by atoms with Crippen molar-refractivity contribution in [2.75, 3.05) is 39.8 Å². The van der Waals surface area contributed by atoms with Crippen LogP contribution in [0.4, 0.5) is 0 Å². The van der Waals surface area contributed by atoms with Crippen LogP contribution >= 0.6 is 0 Å². The number of hydrogen-bond acceptors (Lipinski definition) is 3. The third kappa shape index (κ3) is 6.77. The van der Waals surface area contributed by atoms with Crippen molar-refractivity contribution in [2.45, 2.75) is 53.0 Å². The van der Waals surface area contributed by atoms with Crippen molar-refractivity contribution in [1.29, 1.82) is 0 Å². The predicted molar refractivity (Wildman–Crippen MR) is 96.7 cm³/mol. The first kappa shape index (κ1) is 19.7. The number of amides is 1. The van der Waals surface area contributed by atoms with Gasteiger partial charge in [-0.25, -0.2) is 0 Å². The van der Waals surface area contributed by atoms with E-state index in [0.29, 0.717) is 19.1 Å². The number of aliphatic imine (C=N–C) groups is 1. The van der Waals surface area contributed by atoms with E-state index in [0.717, 1.165) is 31.9 Å². The van der Waals surface area contributed by atoms with Crippen molar-refractivity contribution in [1.82, 2.24) is 20.9 Å². The van der Waals surface area contributed by atoms with Crippen LogP contribution in [0.15, 0.2) is 4.99 Å². The van der Waals surface area contributed by atoms with E-state index in [1.54, 1.807) is 7.05 Å². The van der Waals surface area contributed by atoms with Gasteiger partial charge in [0.2, 0.25) is 5.91 Å². The Hall–Kier alpha value is -1.30. The van der Waals surface area contributed by atoms with Gasteiger partial charge >= 0.3 is 0 Å². The van der Waals surface area contributed by atoms with Gasteiger partial charge < -0.3 is 20.9 Å². The number of nitrogens with one attached hydrogen (secondary N) is 3. The molecular formula is C17H35N5O. The molecule has 0 aromatic carbocycles. The van der Waals surface area contributed by atoms with E-state index in [1.165, 1.54) is 13.0 Å². The summed E-state index contributed by atoms with van der Waals surface area (Å²) in [6.45, 7) is 12.8. The van der Waals surface area contributed by atoms with Gasteiger partial charge in [0.15, 0.2) is 5.96 Å². The number of piperidine rings is 1. The average Bonchev–Trinajstić information content (AvgIpc) is 2.53. The summed E-state index contributed by atoms with van der Waals surface area (Å²) in [5.74, 6) is 0.854. The van der Waals surface area contributed by atoms with Crippen molar-refractivity contribution in [3.8, 4) is 0 Å². The van der Waals surface area contributed by atoms with Gasteiger partial charge in [-0.1, -0.05) is 6.92 Å². The molecule has 1 rings (SSSR count). The Kier molecular flexibility index (Phi) is 8.37. The molecule has 3 N–H and O–H groups in total. The summed E-state index contributed by atoms with van der Waals surface area (Å²) in [5, 5.41) is 9.67. The van der Waals surface area contributed by atoms with Gasteiger partial charge in [0, 0.05) is 39.3 Å². The minimum atomic E-state index is -0.460. The van der Waals surface area contributed by atoms with E-state index in [1.807, 2.05) is 20.8 Å².